The zero-order valence-electron chi connectivity index (χ0n) is 19.1. The number of piperazine rings is 1. The molecule has 1 aromatic carbocycles. The third-order valence-electron chi connectivity index (χ3n) is 5.84. The first kappa shape index (κ1) is 24.1. The van der Waals surface area contributed by atoms with Gasteiger partial charge in [-0.15, -0.1) is 0 Å². The van der Waals surface area contributed by atoms with Gasteiger partial charge >= 0.3 is 12.0 Å². The fourth-order valence-electron chi connectivity index (χ4n) is 4.04. The molecule has 0 aromatic heterocycles. The van der Waals surface area contributed by atoms with Gasteiger partial charge in [-0.05, 0) is 18.6 Å². The molecule has 2 heterocycles. The fraction of sp³-hybridized carbons (Fsp3) is 0.522. The van der Waals surface area contributed by atoms with Crippen molar-refractivity contribution in [2.75, 3.05) is 46.4 Å². The number of carbonyl (C=O) groups is 3. The maximum atomic E-state index is 13.0. The highest BCUT2D eigenvalue weighted by molar-refractivity contribution is 6.31. The molecule has 1 saturated heterocycles. The summed E-state index contributed by atoms with van der Waals surface area (Å²) in [6, 6.07) is 6.13. The Hall–Kier alpha value is -2.58. The largest absolute Gasteiger partial charge is 0.463 e. The van der Waals surface area contributed by atoms with E-state index in [1.54, 1.807) is 32.2 Å². The number of esters is 1. The van der Waals surface area contributed by atoms with Crippen LogP contribution in [0.5, 0.6) is 0 Å². The summed E-state index contributed by atoms with van der Waals surface area (Å²) in [6.45, 7) is 8.70. The number of hydrogen-bond donors (Lipinski definition) is 1. The number of benzene rings is 1. The molecular weight excluding hydrogens is 432 g/mol. The number of amides is 3. The molecular formula is C23H31ClN4O4. The molecule has 1 fully saturated rings. The topological polar surface area (TPSA) is 82.2 Å². The van der Waals surface area contributed by atoms with Gasteiger partial charge in [0.25, 0.3) is 0 Å². The quantitative estimate of drug-likeness (QED) is 0.657. The molecule has 0 radical (unpaired) electrons. The molecule has 0 aliphatic carbocycles. The van der Waals surface area contributed by atoms with E-state index in [1.165, 1.54) is 4.90 Å². The van der Waals surface area contributed by atoms with Crippen molar-refractivity contribution in [2.45, 2.75) is 26.8 Å². The van der Waals surface area contributed by atoms with Crippen molar-refractivity contribution >= 4 is 29.5 Å². The smallest absolute Gasteiger partial charge is 0.338 e. The van der Waals surface area contributed by atoms with Crippen molar-refractivity contribution in [3.63, 3.8) is 0 Å². The number of ether oxygens (including phenoxy) is 1. The van der Waals surface area contributed by atoms with Crippen LogP contribution in [0.1, 0.15) is 32.4 Å². The lowest BCUT2D eigenvalue weighted by Gasteiger charge is -2.40. The van der Waals surface area contributed by atoms with E-state index in [9.17, 15) is 14.4 Å². The lowest BCUT2D eigenvalue weighted by Crippen LogP contribution is -2.53. The number of urea groups is 1. The van der Waals surface area contributed by atoms with Crippen LogP contribution < -0.4 is 5.32 Å². The van der Waals surface area contributed by atoms with Crippen molar-refractivity contribution in [3.05, 3.63) is 46.1 Å². The first-order valence-corrected chi connectivity index (χ1v) is 11.3. The number of nitrogens with zero attached hydrogens (tertiary/aromatic N) is 3. The summed E-state index contributed by atoms with van der Waals surface area (Å²) in [4.78, 5) is 43.6. The number of rotatable bonds is 6. The summed E-state index contributed by atoms with van der Waals surface area (Å²) < 4.78 is 5.36. The van der Waals surface area contributed by atoms with Gasteiger partial charge in [0.1, 0.15) is 0 Å². The molecule has 32 heavy (non-hydrogen) atoms. The van der Waals surface area contributed by atoms with E-state index in [0.29, 0.717) is 54.6 Å². The molecule has 1 N–H and O–H groups in total. The van der Waals surface area contributed by atoms with E-state index in [2.05, 4.69) is 10.2 Å². The average molecular weight is 463 g/mol. The average Bonchev–Trinajstić information content (AvgIpc) is 2.77. The van der Waals surface area contributed by atoms with Gasteiger partial charge in [0, 0.05) is 56.4 Å². The summed E-state index contributed by atoms with van der Waals surface area (Å²) in [5, 5.41) is 3.35. The lowest BCUT2D eigenvalue weighted by atomic mass is 9.94. The molecule has 0 spiro atoms. The molecule has 0 bridgehead atoms. The zero-order valence-corrected chi connectivity index (χ0v) is 19.8. The zero-order chi connectivity index (χ0) is 23.4. The molecule has 3 rings (SSSR count). The van der Waals surface area contributed by atoms with Crippen molar-refractivity contribution < 1.29 is 19.1 Å². The highest BCUT2D eigenvalue weighted by Crippen LogP contribution is 2.34. The molecule has 1 atom stereocenters. The second kappa shape index (κ2) is 10.4. The Morgan fingerprint density at radius 1 is 1.19 bits per heavy atom. The third kappa shape index (κ3) is 5.07. The van der Waals surface area contributed by atoms with Crippen molar-refractivity contribution in [1.29, 1.82) is 0 Å². The van der Waals surface area contributed by atoms with Gasteiger partial charge in [-0.2, -0.15) is 0 Å². The van der Waals surface area contributed by atoms with Gasteiger partial charge in [0.15, 0.2) is 0 Å². The maximum absolute atomic E-state index is 13.0. The molecule has 0 saturated carbocycles. The fourth-order valence-corrected chi connectivity index (χ4v) is 4.29. The van der Waals surface area contributed by atoms with Gasteiger partial charge in [0.2, 0.25) is 5.91 Å². The van der Waals surface area contributed by atoms with E-state index >= 15 is 0 Å². The van der Waals surface area contributed by atoms with Crippen LogP contribution >= 0.6 is 11.6 Å². The summed E-state index contributed by atoms with van der Waals surface area (Å²) in [5.74, 6) is -0.374. The first-order chi connectivity index (χ1) is 15.2. The highest BCUT2D eigenvalue weighted by Gasteiger charge is 2.38. The van der Waals surface area contributed by atoms with Gasteiger partial charge in [-0.1, -0.05) is 43.6 Å². The number of halogens is 1. The van der Waals surface area contributed by atoms with Crippen LogP contribution in [0.25, 0.3) is 0 Å². The summed E-state index contributed by atoms with van der Waals surface area (Å²) >= 11 is 6.41. The number of likely N-dealkylation sites (N-methyl/N-ethyl adjacent to an activating group) is 1. The third-order valence-corrected chi connectivity index (χ3v) is 6.18. The molecule has 8 nitrogen and oxygen atoms in total. The number of nitrogens with one attached hydrogen (secondary N) is 1. The Labute approximate surface area is 194 Å². The minimum atomic E-state index is -0.703. The van der Waals surface area contributed by atoms with Crippen LogP contribution in [-0.4, -0.2) is 79.0 Å². The van der Waals surface area contributed by atoms with Gasteiger partial charge in [-0.3, -0.25) is 14.6 Å². The minimum absolute atomic E-state index is 0.0378. The Morgan fingerprint density at radius 2 is 1.84 bits per heavy atom. The van der Waals surface area contributed by atoms with Crippen molar-refractivity contribution in [2.24, 2.45) is 5.92 Å². The first-order valence-electron chi connectivity index (χ1n) is 10.9. The molecule has 174 valence electrons. The van der Waals surface area contributed by atoms with Gasteiger partial charge < -0.3 is 15.0 Å². The molecule has 2 aliphatic rings. The Kier molecular flexibility index (Phi) is 7.79. The lowest BCUT2D eigenvalue weighted by molar-refractivity contribution is -0.139. The van der Waals surface area contributed by atoms with Crippen LogP contribution in [0.15, 0.2) is 35.5 Å². The second-order valence-corrected chi connectivity index (χ2v) is 8.71. The van der Waals surface area contributed by atoms with Crippen molar-refractivity contribution in [3.8, 4) is 0 Å². The molecule has 2 aliphatic heterocycles. The number of carbonyl (C=O) groups excluding carboxylic acids is 3. The minimum Gasteiger partial charge on any atom is -0.463 e. The van der Waals surface area contributed by atoms with Gasteiger partial charge in [0.05, 0.1) is 18.2 Å². The SMILES string of the molecule is CCOC(=O)C1=C(CN2CCN(C(=O)C(C)C)CC2)N(C)C(=O)NC1c1ccccc1Cl. The molecule has 3 amide bonds. The van der Waals surface area contributed by atoms with Crippen LogP contribution in [0.4, 0.5) is 4.79 Å². The summed E-state index contributed by atoms with van der Waals surface area (Å²) in [7, 11) is 1.64. The predicted molar refractivity (Wildman–Crippen MR) is 122 cm³/mol. The Balaban J connectivity index is 1.92. The van der Waals surface area contributed by atoms with E-state index in [1.807, 2.05) is 24.8 Å². The Morgan fingerprint density at radius 3 is 2.44 bits per heavy atom. The van der Waals surface area contributed by atoms with Crippen LogP contribution in [-0.2, 0) is 14.3 Å². The normalized spacial score (nSPS) is 19.9. The summed E-state index contributed by atoms with van der Waals surface area (Å²) in [6.07, 6.45) is 0. The predicted octanol–water partition coefficient (Wildman–Crippen LogP) is 2.65. The van der Waals surface area contributed by atoms with E-state index in [0.717, 1.165) is 0 Å². The van der Waals surface area contributed by atoms with Crippen LogP contribution in [0, 0.1) is 5.92 Å². The Bertz CT molecular complexity index is 909. The van der Waals surface area contributed by atoms with Crippen LogP contribution in [0.3, 0.4) is 0 Å². The highest BCUT2D eigenvalue weighted by atomic mass is 35.5. The van der Waals surface area contributed by atoms with Crippen LogP contribution in [0.2, 0.25) is 5.02 Å². The molecule has 1 unspecified atom stereocenters. The van der Waals surface area contributed by atoms with E-state index in [4.69, 9.17) is 16.3 Å². The monoisotopic (exact) mass is 462 g/mol. The standard InChI is InChI=1S/C23H31ClN4O4/c1-5-32-22(30)19-18(14-27-10-12-28(13-11-27)21(29)15(2)3)26(4)23(31)25-20(19)16-8-6-7-9-17(16)24/h6-9,15,20H,5,10-14H2,1-4H3,(H,25,31). The van der Waals surface area contributed by atoms with E-state index < -0.39 is 12.0 Å². The van der Waals surface area contributed by atoms with Crippen molar-refractivity contribution in [1.82, 2.24) is 20.0 Å². The maximum Gasteiger partial charge on any atom is 0.338 e. The van der Waals surface area contributed by atoms with E-state index in [-0.39, 0.29) is 24.5 Å². The second-order valence-electron chi connectivity index (χ2n) is 8.30. The van der Waals surface area contributed by atoms with Gasteiger partial charge in [-0.25, -0.2) is 9.59 Å². The molecule has 9 heteroatoms. The number of hydrogen-bond acceptors (Lipinski definition) is 5. The molecule has 1 aromatic rings. The summed E-state index contributed by atoms with van der Waals surface area (Å²) in [5.41, 5.74) is 1.60.